The summed E-state index contributed by atoms with van der Waals surface area (Å²) in [6.07, 6.45) is 2.23. The Morgan fingerprint density at radius 1 is 1.27 bits per heavy atom. The van der Waals surface area contributed by atoms with Gasteiger partial charge in [-0.25, -0.2) is 0 Å². The lowest BCUT2D eigenvalue weighted by atomic mass is 9.84. The van der Waals surface area contributed by atoms with E-state index in [1.165, 1.54) is 0 Å². The van der Waals surface area contributed by atoms with Crippen LogP contribution in [0, 0.1) is 5.92 Å². The van der Waals surface area contributed by atoms with Crippen molar-refractivity contribution in [2.75, 3.05) is 20.8 Å². The topological polar surface area (TPSA) is 35.5 Å². The first-order valence-electron chi connectivity index (χ1n) is 5.66. The van der Waals surface area contributed by atoms with Crippen LogP contribution < -0.4 is 0 Å². The maximum atomic E-state index is 12.2. The minimum atomic E-state index is -0.590. The minimum absolute atomic E-state index is 0.00444. The molecule has 0 saturated carbocycles. The number of hydrogen-bond acceptors (Lipinski definition) is 3. The predicted molar refractivity (Wildman–Crippen MR) is 61.0 cm³/mol. The van der Waals surface area contributed by atoms with Crippen LogP contribution in [-0.2, 0) is 14.3 Å². The van der Waals surface area contributed by atoms with Crippen LogP contribution in [0.4, 0.5) is 0 Å². The summed E-state index contributed by atoms with van der Waals surface area (Å²) < 4.78 is 10.4. The third-order valence-corrected chi connectivity index (χ3v) is 3.18. The second-order valence-electron chi connectivity index (χ2n) is 3.95. The van der Waals surface area contributed by atoms with Crippen LogP contribution in [-0.4, -0.2) is 32.2 Å². The number of methoxy groups -OCH3 is 2. The predicted octanol–water partition coefficient (Wildman–Crippen LogP) is 2.43. The van der Waals surface area contributed by atoms with E-state index in [9.17, 15) is 4.79 Å². The summed E-state index contributed by atoms with van der Waals surface area (Å²) >= 11 is 0. The highest BCUT2D eigenvalue weighted by Crippen LogP contribution is 2.25. The molecule has 15 heavy (non-hydrogen) atoms. The zero-order valence-corrected chi connectivity index (χ0v) is 10.6. The molecule has 3 heteroatoms. The second kappa shape index (κ2) is 6.96. The van der Waals surface area contributed by atoms with E-state index in [1.807, 2.05) is 20.8 Å². The third-order valence-electron chi connectivity index (χ3n) is 3.18. The second-order valence-corrected chi connectivity index (χ2v) is 3.95. The fraction of sp³-hybridized carbons (Fsp3) is 0.917. The lowest BCUT2D eigenvalue weighted by Gasteiger charge is -2.31. The molecule has 3 nitrogen and oxygen atoms in total. The molecule has 1 atom stereocenters. The maximum Gasteiger partial charge on any atom is 0.167 e. The Labute approximate surface area is 93.1 Å². The molecule has 0 aromatic carbocycles. The van der Waals surface area contributed by atoms with Gasteiger partial charge in [-0.3, -0.25) is 4.79 Å². The summed E-state index contributed by atoms with van der Waals surface area (Å²) in [5.41, 5.74) is -0.590. The Morgan fingerprint density at radius 3 is 2.13 bits per heavy atom. The molecule has 90 valence electrons. The molecule has 0 bridgehead atoms. The largest absolute Gasteiger partial charge is 0.385 e. The van der Waals surface area contributed by atoms with Crippen LogP contribution in [0.25, 0.3) is 0 Å². The lowest BCUT2D eigenvalue weighted by molar-refractivity contribution is -0.146. The van der Waals surface area contributed by atoms with Crippen molar-refractivity contribution < 1.29 is 14.3 Å². The van der Waals surface area contributed by atoms with E-state index >= 15 is 0 Å². The van der Waals surface area contributed by atoms with Gasteiger partial charge in [-0.05, 0) is 19.3 Å². The monoisotopic (exact) mass is 216 g/mol. The number of ether oxygens (including phenoxy) is 2. The molecule has 0 N–H and O–H groups in total. The van der Waals surface area contributed by atoms with E-state index in [1.54, 1.807) is 14.2 Å². The van der Waals surface area contributed by atoms with E-state index in [4.69, 9.17) is 9.47 Å². The van der Waals surface area contributed by atoms with Gasteiger partial charge in [0, 0.05) is 26.7 Å². The Hall–Kier alpha value is -0.410. The highest BCUT2D eigenvalue weighted by Gasteiger charge is 2.37. The Kier molecular flexibility index (Phi) is 6.77. The normalized spacial score (nSPS) is 13.9. The van der Waals surface area contributed by atoms with Crippen molar-refractivity contribution in [3.63, 3.8) is 0 Å². The Balaban J connectivity index is 4.49. The Morgan fingerprint density at radius 2 is 1.80 bits per heavy atom. The number of hydrogen-bond donors (Lipinski definition) is 0. The fourth-order valence-corrected chi connectivity index (χ4v) is 1.86. The third kappa shape index (κ3) is 3.58. The van der Waals surface area contributed by atoms with Gasteiger partial charge in [-0.2, -0.15) is 0 Å². The summed E-state index contributed by atoms with van der Waals surface area (Å²) in [5, 5.41) is 0. The van der Waals surface area contributed by atoms with Crippen LogP contribution >= 0.6 is 0 Å². The van der Waals surface area contributed by atoms with Gasteiger partial charge in [0.1, 0.15) is 5.60 Å². The molecule has 0 aliphatic heterocycles. The Bertz CT molecular complexity index is 177. The molecule has 0 aliphatic rings. The van der Waals surface area contributed by atoms with Crippen LogP contribution in [0.15, 0.2) is 0 Å². The van der Waals surface area contributed by atoms with E-state index in [2.05, 4.69) is 0 Å². The van der Waals surface area contributed by atoms with Gasteiger partial charge >= 0.3 is 0 Å². The summed E-state index contributed by atoms with van der Waals surface area (Å²) in [5.74, 6) is 0.205. The highest BCUT2D eigenvalue weighted by atomic mass is 16.5. The minimum Gasteiger partial charge on any atom is -0.385 e. The number of Topliss-reactive ketones (excluding diaryl/α,β-unsaturated/α-hetero) is 1. The van der Waals surface area contributed by atoms with Crippen molar-refractivity contribution in [1.29, 1.82) is 0 Å². The molecule has 0 saturated heterocycles. The first-order valence-corrected chi connectivity index (χ1v) is 5.66. The van der Waals surface area contributed by atoms with Crippen molar-refractivity contribution in [2.24, 2.45) is 5.92 Å². The molecule has 0 radical (unpaired) electrons. The average molecular weight is 216 g/mol. The van der Waals surface area contributed by atoms with E-state index < -0.39 is 5.60 Å². The van der Waals surface area contributed by atoms with Gasteiger partial charge in [0.25, 0.3) is 0 Å². The first kappa shape index (κ1) is 14.6. The molecule has 0 aliphatic carbocycles. The molecule has 0 aromatic heterocycles. The highest BCUT2D eigenvalue weighted by molar-refractivity contribution is 5.89. The van der Waals surface area contributed by atoms with Gasteiger partial charge in [0.2, 0.25) is 0 Å². The van der Waals surface area contributed by atoms with Gasteiger partial charge in [0.05, 0.1) is 0 Å². The van der Waals surface area contributed by atoms with Gasteiger partial charge in [-0.1, -0.05) is 20.8 Å². The van der Waals surface area contributed by atoms with Crippen LogP contribution in [0.1, 0.15) is 40.0 Å². The lowest BCUT2D eigenvalue weighted by Crippen LogP contribution is -2.43. The molecule has 0 rings (SSSR count). The standard InChI is InChI=1S/C12H24O3/c1-6-12(7-2,15-5)11(13)10(3)8-9-14-4/h10H,6-9H2,1-5H3. The van der Waals surface area contributed by atoms with Gasteiger partial charge in [0.15, 0.2) is 5.78 Å². The van der Waals surface area contributed by atoms with Crippen molar-refractivity contribution in [2.45, 2.75) is 45.6 Å². The molecular formula is C12H24O3. The van der Waals surface area contributed by atoms with Crippen LogP contribution in [0.3, 0.4) is 0 Å². The average Bonchev–Trinajstić information content (AvgIpc) is 2.28. The summed E-state index contributed by atoms with van der Waals surface area (Å²) in [7, 11) is 3.27. The van der Waals surface area contributed by atoms with E-state index in [0.29, 0.717) is 6.61 Å². The zero-order chi connectivity index (χ0) is 11.9. The molecule has 0 heterocycles. The fourth-order valence-electron chi connectivity index (χ4n) is 1.86. The van der Waals surface area contributed by atoms with Crippen LogP contribution in [0.5, 0.6) is 0 Å². The summed E-state index contributed by atoms with van der Waals surface area (Å²) in [4.78, 5) is 12.2. The van der Waals surface area contributed by atoms with Crippen molar-refractivity contribution >= 4 is 5.78 Å². The van der Waals surface area contributed by atoms with Crippen LogP contribution in [0.2, 0.25) is 0 Å². The molecule has 0 fully saturated rings. The number of ketones is 1. The summed E-state index contributed by atoms with van der Waals surface area (Å²) in [6, 6.07) is 0. The van der Waals surface area contributed by atoms with E-state index in [-0.39, 0.29) is 11.7 Å². The van der Waals surface area contributed by atoms with Crippen molar-refractivity contribution in [3.05, 3.63) is 0 Å². The molecule has 0 aromatic rings. The van der Waals surface area contributed by atoms with Gasteiger partial charge < -0.3 is 9.47 Å². The quantitative estimate of drug-likeness (QED) is 0.625. The molecular weight excluding hydrogens is 192 g/mol. The summed E-state index contributed by atoms with van der Waals surface area (Å²) in [6.45, 7) is 6.56. The SMILES string of the molecule is CCC(CC)(OC)C(=O)C(C)CCOC. The number of rotatable bonds is 8. The van der Waals surface area contributed by atoms with Crippen molar-refractivity contribution in [3.8, 4) is 0 Å². The molecule has 1 unspecified atom stereocenters. The number of carbonyl (C=O) groups is 1. The smallest absolute Gasteiger partial charge is 0.167 e. The first-order chi connectivity index (χ1) is 7.07. The van der Waals surface area contributed by atoms with Crippen molar-refractivity contribution in [1.82, 2.24) is 0 Å². The number of carbonyl (C=O) groups excluding carboxylic acids is 1. The maximum absolute atomic E-state index is 12.2. The zero-order valence-electron chi connectivity index (χ0n) is 10.6. The molecule has 0 spiro atoms. The van der Waals surface area contributed by atoms with Gasteiger partial charge in [-0.15, -0.1) is 0 Å². The molecule has 0 amide bonds. The van der Waals surface area contributed by atoms with E-state index in [0.717, 1.165) is 19.3 Å².